The van der Waals surface area contributed by atoms with Crippen molar-refractivity contribution in [3.05, 3.63) is 12.7 Å². The first-order valence-electron chi connectivity index (χ1n) is 4.71. The molecule has 0 amide bonds. The Hall–Kier alpha value is -0.573. The molecule has 0 unspecified atom stereocenters. The van der Waals surface area contributed by atoms with Gasteiger partial charge in [0.25, 0.3) is 0 Å². The molecule has 3 heteroatoms. The van der Waals surface area contributed by atoms with Crippen molar-refractivity contribution in [1.82, 2.24) is 0 Å². The highest BCUT2D eigenvalue weighted by Crippen LogP contribution is 2.39. The van der Waals surface area contributed by atoms with Crippen molar-refractivity contribution in [3.63, 3.8) is 0 Å². The summed E-state index contributed by atoms with van der Waals surface area (Å²) in [6.45, 7) is 12.7. The molecule has 3 atom stereocenters. The SMILES string of the molecule is C=C[C@@H]1OC(=O)[C@@H]1[C@H](C)[Si](C)(C)C. The summed E-state index contributed by atoms with van der Waals surface area (Å²) in [5.74, 6) is 0.0315. The maximum Gasteiger partial charge on any atom is 0.313 e. The van der Waals surface area contributed by atoms with Crippen LogP contribution in [0.4, 0.5) is 0 Å². The Labute approximate surface area is 81.0 Å². The third-order valence-corrected chi connectivity index (χ3v) is 6.11. The summed E-state index contributed by atoms with van der Waals surface area (Å²) < 4.78 is 4.98. The van der Waals surface area contributed by atoms with E-state index in [0.29, 0.717) is 5.54 Å². The minimum Gasteiger partial charge on any atom is -0.457 e. The van der Waals surface area contributed by atoms with E-state index in [2.05, 4.69) is 33.1 Å². The standard InChI is InChI=1S/C10H18O2Si/c1-6-8-9(10(11)12-8)7(2)13(3,4)5/h6-9H,1H2,2-5H3/t7-,8-,9+/m0/s1. The lowest BCUT2D eigenvalue weighted by atomic mass is 9.94. The zero-order valence-corrected chi connectivity index (χ0v) is 9.83. The molecule has 1 aliphatic heterocycles. The van der Waals surface area contributed by atoms with Crippen molar-refractivity contribution >= 4 is 14.0 Å². The molecule has 0 aliphatic carbocycles. The summed E-state index contributed by atoms with van der Waals surface area (Å²) in [7, 11) is -1.24. The molecule has 1 heterocycles. The van der Waals surface area contributed by atoms with Gasteiger partial charge >= 0.3 is 5.97 Å². The Kier molecular flexibility index (Phi) is 2.66. The molecule has 0 bridgehead atoms. The van der Waals surface area contributed by atoms with Crippen LogP contribution >= 0.6 is 0 Å². The van der Waals surface area contributed by atoms with Gasteiger partial charge in [-0.25, -0.2) is 0 Å². The number of esters is 1. The number of carbonyl (C=O) groups is 1. The maximum absolute atomic E-state index is 11.2. The van der Waals surface area contributed by atoms with Crippen LogP contribution < -0.4 is 0 Å². The van der Waals surface area contributed by atoms with Gasteiger partial charge in [-0.2, -0.15) is 0 Å². The van der Waals surface area contributed by atoms with Crippen LogP contribution in [-0.4, -0.2) is 20.1 Å². The molecular formula is C10H18O2Si. The van der Waals surface area contributed by atoms with Gasteiger partial charge in [0, 0.05) is 8.07 Å². The number of cyclic esters (lactones) is 1. The van der Waals surface area contributed by atoms with Gasteiger partial charge in [-0.15, -0.1) is 0 Å². The largest absolute Gasteiger partial charge is 0.457 e. The van der Waals surface area contributed by atoms with Gasteiger partial charge in [0.05, 0.1) is 5.92 Å². The van der Waals surface area contributed by atoms with E-state index in [1.165, 1.54) is 0 Å². The average molecular weight is 198 g/mol. The van der Waals surface area contributed by atoms with Crippen LogP contribution in [0.15, 0.2) is 12.7 Å². The highest BCUT2D eigenvalue weighted by molar-refractivity contribution is 6.77. The molecule has 0 radical (unpaired) electrons. The van der Waals surface area contributed by atoms with Gasteiger partial charge in [-0.1, -0.05) is 39.2 Å². The summed E-state index contributed by atoms with van der Waals surface area (Å²) in [5, 5.41) is 0. The van der Waals surface area contributed by atoms with E-state index in [1.807, 2.05) is 0 Å². The second-order valence-electron chi connectivity index (χ2n) is 4.82. The molecular weight excluding hydrogens is 180 g/mol. The molecule has 0 aromatic heterocycles. The van der Waals surface area contributed by atoms with Crippen LogP contribution in [0.25, 0.3) is 0 Å². The molecule has 13 heavy (non-hydrogen) atoms. The summed E-state index contributed by atoms with van der Waals surface area (Å²) >= 11 is 0. The van der Waals surface area contributed by atoms with Gasteiger partial charge in [-0.3, -0.25) is 4.79 Å². The van der Waals surface area contributed by atoms with E-state index in [1.54, 1.807) is 6.08 Å². The Morgan fingerprint density at radius 1 is 1.54 bits per heavy atom. The minimum atomic E-state index is -1.24. The van der Waals surface area contributed by atoms with Crippen molar-refractivity contribution in [3.8, 4) is 0 Å². The molecule has 0 spiro atoms. The van der Waals surface area contributed by atoms with Gasteiger partial charge in [0.15, 0.2) is 0 Å². The van der Waals surface area contributed by atoms with Crippen molar-refractivity contribution in [2.75, 3.05) is 0 Å². The van der Waals surface area contributed by atoms with Crippen LogP contribution in [-0.2, 0) is 9.53 Å². The van der Waals surface area contributed by atoms with Gasteiger partial charge in [0.2, 0.25) is 0 Å². The lowest BCUT2D eigenvalue weighted by Gasteiger charge is -2.41. The van der Waals surface area contributed by atoms with Crippen LogP contribution in [0.3, 0.4) is 0 Å². The summed E-state index contributed by atoms with van der Waals surface area (Å²) in [6, 6.07) is 0. The Morgan fingerprint density at radius 2 is 2.08 bits per heavy atom. The second kappa shape index (κ2) is 3.29. The number of hydrogen-bond acceptors (Lipinski definition) is 2. The average Bonchev–Trinajstić information content (AvgIpc) is 1.97. The fourth-order valence-corrected chi connectivity index (χ4v) is 2.97. The second-order valence-corrected chi connectivity index (χ2v) is 10.5. The van der Waals surface area contributed by atoms with Crippen LogP contribution in [0.2, 0.25) is 25.2 Å². The third-order valence-electron chi connectivity index (χ3n) is 3.02. The van der Waals surface area contributed by atoms with E-state index in [4.69, 9.17) is 4.74 Å². The van der Waals surface area contributed by atoms with Crippen LogP contribution in [0.1, 0.15) is 6.92 Å². The number of carbonyl (C=O) groups excluding carboxylic acids is 1. The zero-order chi connectivity index (χ0) is 10.2. The van der Waals surface area contributed by atoms with E-state index < -0.39 is 8.07 Å². The molecule has 1 rings (SSSR count). The number of hydrogen-bond donors (Lipinski definition) is 0. The zero-order valence-electron chi connectivity index (χ0n) is 8.83. The predicted octanol–water partition coefficient (Wildman–Crippen LogP) is 2.44. The topological polar surface area (TPSA) is 26.3 Å². The Morgan fingerprint density at radius 3 is 2.38 bits per heavy atom. The molecule has 0 aromatic carbocycles. The van der Waals surface area contributed by atoms with Crippen molar-refractivity contribution in [2.24, 2.45) is 5.92 Å². The van der Waals surface area contributed by atoms with E-state index in [9.17, 15) is 4.79 Å². The van der Waals surface area contributed by atoms with Crippen molar-refractivity contribution in [2.45, 2.75) is 38.2 Å². The smallest absolute Gasteiger partial charge is 0.313 e. The summed E-state index contributed by atoms with van der Waals surface area (Å²) in [6.07, 6.45) is 1.71. The lowest BCUT2D eigenvalue weighted by Crippen LogP contribution is -2.50. The normalized spacial score (nSPS) is 30.3. The van der Waals surface area contributed by atoms with Gasteiger partial charge in [-0.05, 0) is 5.54 Å². The Bertz CT molecular complexity index is 230. The van der Waals surface area contributed by atoms with Gasteiger partial charge in [0.1, 0.15) is 6.10 Å². The van der Waals surface area contributed by atoms with Crippen LogP contribution in [0, 0.1) is 5.92 Å². The quantitative estimate of drug-likeness (QED) is 0.395. The number of ether oxygens (including phenoxy) is 1. The monoisotopic (exact) mass is 198 g/mol. The van der Waals surface area contributed by atoms with Gasteiger partial charge < -0.3 is 4.74 Å². The molecule has 1 aliphatic rings. The third kappa shape index (κ3) is 1.85. The highest BCUT2D eigenvalue weighted by atomic mass is 28.3. The van der Waals surface area contributed by atoms with Crippen LogP contribution in [0.5, 0.6) is 0 Å². The van der Waals surface area contributed by atoms with Crippen molar-refractivity contribution in [1.29, 1.82) is 0 Å². The first kappa shape index (κ1) is 10.5. The first-order chi connectivity index (χ1) is 5.88. The molecule has 1 fully saturated rings. The molecule has 2 nitrogen and oxygen atoms in total. The maximum atomic E-state index is 11.2. The summed E-state index contributed by atoms with van der Waals surface area (Å²) in [5.41, 5.74) is 0.469. The molecule has 1 saturated heterocycles. The number of rotatable bonds is 3. The van der Waals surface area contributed by atoms with Crippen molar-refractivity contribution < 1.29 is 9.53 Å². The van der Waals surface area contributed by atoms with E-state index in [0.717, 1.165) is 0 Å². The fourth-order valence-electron chi connectivity index (χ4n) is 1.57. The first-order valence-corrected chi connectivity index (χ1v) is 8.28. The minimum absolute atomic E-state index is 0.0331. The predicted molar refractivity (Wildman–Crippen MR) is 56.3 cm³/mol. The lowest BCUT2D eigenvalue weighted by molar-refractivity contribution is -0.178. The molecule has 0 saturated carbocycles. The molecule has 0 aromatic rings. The molecule has 74 valence electrons. The van der Waals surface area contributed by atoms with E-state index >= 15 is 0 Å². The highest BCUT2D eigenvalue weighted by Gasteiger charge is 2.47. The van der Waals surface area contributed by atoms with E-state index in [-0.39, 0.29) is 18.0 Å². The summed E-state index contributed by atoms with van der Waals surface area (Å²) in [4.78, 5) is 11.2. The molecule has 0 N–H and O–H groups in total. The fraction of sp³-hybridized carbons (Fsp3) is 0.700. The Balaban J connectivity index is 2.70.